The molecule has 2 N–H and O–H groups in total. The minimum Gasteiger partial charge on any atom is -0.366 e. The highest BCUT2D eigenvalue weighted by Gasteiger charge is 2.07. The van der Waals surface area contributed by atoms with Crippen molar-refractivity contribution in [3.05, 3.63) is 66.2 Å². The van der Waals surface area contributed by atoms with Crippen LogP contribution in [0.15, 0.2) is 54.9 Å². The minimum absolute atomic E-state index is 0.243. The lowest BCUT2D eigenvalue weighted by atomic mass is 10.2. The lowest BCUT2D eigenvalue weighted by Crippen LogP contribution is -2.21. The van der Waals surface area contributed by atoms with Crippen molar-refractivity contribution in [2.75, 3.05) is 37.8 Å². The second-order valence-corrected chi connectivity index (χ2v) is 6.41. The largest absolute Gasteiger partial charge is 0.366 e. The van der Waals surface area contributed by atoms with E-state index in [2.05, 4.69) is 30.5 Å². The molecule has 0 atom stereocenters. The fourth-order valence-corrected chi connectivity index (χ4v) is 2.47. The van der Waals surface area contributed by atoms with Crippen LogP contribution in [0.5, 0.6) is 0 Å². The molecule has 2 heterocycles. The summed E-state index contributed by atoms with van der Waals surface area (Å²) in [6, 6.07) is 12.1. The van der Waals surface area contributed by atoms with Gasteiger partial charge in [-0.25, -0.2) is 9.37 Å². The van der Waals surface area contributed by atoms with E-state index in [0.29, 0.717) is 18.3 Å². The normalized spacial score (nSPS) is 10.8. The highest BCUT2D eigenvalue weighted by atomic mass is 19.1. The van der Waals surface area contributed by atoms with E-state index >= 15 is 0 Å². The van der Waals surface area contributed by atoms with Crippen LogP contribution < -0.4 is 10.6 Å². The summed E-state index contributed by atoms with van der Waals surface area (Å²) in [5.74, 6) is 1.01. The maximum atomic E-state index is 13.1. The van der Waals surface area contributed by atoms with Crippen molar-refractivity contribution in [3.8, 4) is 11.3 Å². The van der Waals surface area contributed by atoms with Gasteiger partial charge in [-0.2, -0.15) is 4.98 Å². The molecule has 0 bridgehead atoms. The Bertz CT molecular complexity index is 852. The van der Waals surface area contributed by atoms with Crippen molar-refractivity contribution in [3.63, 3.8) is 0 Å². The second-order valence-electron chi connectivity index (χ2n) is 6.41. The van der Waals surface area contributed by atoms with Crippen molar-refractivity contribution in [1.82, 2.24) is 19.9 Å². The molecule has 7 heteroatoms. The van der Waals surface area contributed by atoms with Gasteiger partial charge in [-0.15, -0.1) is 0 Å². The molecule has 27 heavy (non-hydrogen) atoms. The van der Waals surface area contributed by atoms with Crippen LogP contribution in [-0.4, -0.2) is 47.0 Å². The maximum absolute atomic E-state index is 13.1. The zero-order valence-electron chi connectivity index (χ0n) is 15.5. The van der Waals surface area contributed by atoms with E-state index in [1.165, 1.54) is 12.1 Å². The number of hydrogen-bond donors (Lipinski definition) is 2. The summed E-state index contributed by atoms with van der Waals surface area (Å²) in [6.45, 7) is 2.15. The Morgan fingerprint density at radius 2 is 1.85 bits per heavy atom. The van der Waals surface area contributed by atoms with Gasteiger partial charge in [0.05, 0.1) is 5.69 Å². The van der Waals surface area contributed by atoms with Crippen LogP contribution in [-0.2, 0) is 6.54 Å². The third-order valence-corrected chi connectivity index (χ3v) is 3.91. The predicted molar refractivity (Wildman–Crippen MR) is 106 cm³/mol. The standard InChI is InChI=1S/C20H23FN6/c1-27(2)11-10-23-20-25-18(16-4-3-9-22-14-16)12-19(26-20)24-13-15-5-7-17(21)8-6-15/h3-9,12,14H,10-11,13H2,1-2H3,(H2,23,24,25,26). The van der Waals surface area contributed by atoms with Gasteiger partial charge >= 0.3 is 0 Å². The van der Waals surface area contributed by atoms with Gasteiger partial charge in [-0.1, -0.05) is 12.1 Å². The zero-order chi connectivity index (χ0) is 19.1. The number of hydrogen-bond acceptors (Lipinski definition) is 6. The SMILES string of the molecule is CN(C)CCNc1nc(NCc2ccc(F)cc2)cc(-c2cccnc2)n1. The molecular weight excluding hydrogens is 343 g/mol. The van der Waals surface area contributed by atoms with E-state index < -0.39 is 0 Å². The molecule has 0 saturated carbocycles. The minimum atomic E-state index is -0.243. The van der Waals surface area contributed by atoms with Crippen LogP contribution in [0.3, 0.4) is 0 Å². The number of rotatable bonds is 8. The predicted octanol–water partition coefficient (Wildman–Crippen LogP) is 3.26. The highest BCUT2D eigenvalue weighted by molar-refractivity contribution is 5.63. The summed E-state index contributed by atoms with van der Waals surface area (Å²) >= 11 is 0. The van der Waals surface area contributed by atoms with Crippen molar-refractivity contribution >= 4 is 11.8 Å². The first kappa shape index (κ1) is 18.7. The molecule has 0 aliphatic heterocycles. The summed E-state index contributed by atoms with van der Waals surface area (Å²) < 4.78 is 13.1. The van der Waals surface area contributed by atoms with E-state index in [9.17, 15) is 4.39 Å². The molecule has 0 saturated heterocycles. The van der Waals surface area contributed by atoms with Gasteiger partial charge < -0.3 is 15.5 Å². The van der Waals surface area contributed by atoms with E-state index in [0.717, 1.165) is 29.9 Å². The molecule has 0 unspecified atom stereocenters. The summed E-state index contributed by atoms with van der Waals surface area (Å²) in [5, 5.41) is 6.54. The van der Waals surface area contributed by atoms with Crippen LogP contribution >= 0.6 is 0 Å². The van der Waals surface area contributed by atoms with Crippen molar-refractivity contribution in [2.24, 2.45) is 0 Å². The Hall–Kier alpha value is -3.06. The molecule has 0 spiro atoms. The molecule has 0 aliphatic rings. The number of aromatic nitrogens is 3. The Morgan fingerprint density at radius 3 is 2.56 bits per heavy atom. The number of likely N-dealkylation sites (N-methyl/N-ethyl adjacent to an activating group) is 1. The number of nitrogens with zero attached hydrogens (tertiary/aromatic N) is 4. The molecule has 3 aromatic rings. The summed E-state index contributed by atoms with van der Waals surface area (Å²) in [6.07, 6.45) is 3.50. The second kappa shape index (κ2) is 9.05. The van der Waals surface area contributed by atoms with Gasteiger partial charge in [-0.05, 0) is 43.9 Å². The summed E-state index contributed by atoms with van der Waals surface area (Å²) in [5.41, 5.74) is 2.67. The summed E-state index contributed by atoms with van der Waals surface area (Å²) in [7, 11) is 4.04. The topological polar surface area (TPSA) is 66.0 Å². The van der Waals surface area contributed by atoms with Crippen molar-refractivity contribution in [1.29, 1.82) is 0 Å². The molecule has 6 nitrogen and oxygen atoms in total. The van der Waals surface area contributed by atoms with E-state index in [1.54, 1.807) is 24.5 Å². The molecule has 0 amide bonds. The maximum Gasteiger partial charge on any atom is 0.225 e. The van der Waals surface area contributed by atoms with Crippen LogP contribution in [0.1, 0.15) is 5.56 Å². The summed E-state index contributed by atoms with van der Waals surface area (Å²) in [4.78, 5) is 15.4. The van der Waals surface area contributed by atoms with Gasteiger partial charge in [-0.3, -0.25) is 4.98 Å². The van der Waals surface area contributed by atoms with Gasteiger partial charge in [0, 0.05) is 43.7 Å². The number of anilines is 2. The molecule has 0 radical (unpaired) electrons. The smallest absolute Gasteiger partial charge is 0.225 e. The first-order valence-electron chi connectivity index (χ1n) is 8.76. The Balaban J connectivity index is 1.79. The number of halogens is 1. The van der Waals surface area contributed by atoms with Crippen LogP contribution in [0, 0.1) is 5.82 Å². The van der Waals surface area contributed by atoms with E-state index in [1.807, 2.05) is 32.3 Å². The van der Waals surface area contributed by atoms with Gasteiger partial charge in [0.1, 0.15) is 11.6 Å². The average Bonchev–Trinajstić information content (AvgIpc) is 2.68. The van der Waals surface area contributed by atoms with Crippen molar-refractivity contribution < 1.29 is 4.39 Å². The lowest BCUT2D eigenvalue weighted by Gasteiger charge is -2.13. The van der Waals surface area contributed by atoms with Gasteiger partial charge in [0.25, 0.3) is 0 Å². The van der Waals surface area contributed by atoms with Crippen molar-refractivity contribution in [2.45, 2.75) is 6.54 Å². The van der Waals surface area contributed by atoms with Crippen LogP contribution in [0.4, 0.5) is 16.2 Å². The van der Waals surface area contributed by atoms with E-state index in [4.69, 9.17) is 0 Å². The Labute approximate surface area is 158 Å². The van der Waals surface area contributed by atoms with Gasteiger partial charge in [0.2, 0.25) is 5.95 Å². The first-order valence-corrected chi connectivity index (χ1v) is 8.76. The Kier molecular flexibility index (Phi) is 6.27. The van der Waals surface area contributed by atoms with E-state index in [-0.39, 0.29) is 5.82 Å². The third-order valence-electron chi connectivity index (χ3n) is 3.91. The molecule has 0 aliphatic carbocycles. The molecule has 0 fully saturated rings. The quantitative estimate of drug-likeness (QED) is 0.638. The van der Waals surface area contributed by atoms with Crippen LogP contribution in [0.25, 0.3) is 11.3 Å². The average molecular weight is 366 g/mol. The number of pyridine rings is 1. The van der Waals surface area contributed by atoms with Gasteiger partial charge in [0.15, 0.2) is 0 Å². The zero-order valence-corrected chi connectivity index (χ0v) is 15.5. The lowest BCUT2D eigenvalue weighted by molar-refractivity contribution is 0.425. The third kappa shape index (κ3) is 5.72. The monoisotopic (exact) mass is 366 g/mol. The fourth-order valence-electron chi connectivity index (χ4n) is 2.47. The molecule has 2 aromatic heterocycles. The Morgan fingerprint density at radius 1 is 1.04 bits per heavy atom. The first-order chi connectivity index (χ1) is 13.1. The molecule has 3 rings (SSSR count). The fraction of sp³-hybridized carbons (Fsp3) is 0.250. The number of nitrogens with one attached hydrogen (secondary N) is 2. The molecule has 140 valence electrons. The highest BCUT2D eigenvalue weighted by Crippen LogP contribution is 2.21. The van der Waals surface area contributed by atoms with Crippen LogP contribution in [0.2, 0.25) is 0 Å². The molecule has 1 aromatic carbocycles. The number of benzene rings is 1. The molecular formula is C20H23FN6.